The van der Waals surface area contributed by atoms with Crippen LogP contribution in [0.2, 0.25) is 5.02 Å². The van der Waals surface area contributed by atoms with Gasteiger partial charge in [-0.1, -0.05) is 36.7 Å². The Balaban J connectivity index is 1.23. The summed E-state index contributed by atoms with van der Waals surface area (Å²) in [5.41, 5.74) is 3.37. The molecule has 10 heteroatoms. The standard InChI is InChI=1S/C42H55ClN2O6S/c1-5-51-41(3)21-29(22-41)18-34(46)25-52(48)24-28(2)8-6-10-38(49-4)35-14-11-32(35)23-45-26-42(17-7-9-30-19-33(43)13-15-36(30)42)27-50-39-16-12-31(20-37(39)45)40(47)44-52/h6,10,12-13,15-16,19-20,28-29,32,35,38H,5,7-9,11,14,17-18,21-27H2,1-4H3/b10-6+/t28-,29?,32-,35+,38?,41?,42-,52+/m0/s1. The number of fused-ring (bicyclic) bond motifs is 4. The molecule has 1 amide bonds. The Morgan fingerprint density at radius 1 is 1.17 bits per heavy atom. The zero-order valence-corrected chi connectivity index (χ0v) is 32.8. The van der Waals surface area contributed by atoms with E-state index >= 15 is 0 Å². The Labute approximate surface area is 315 Å². The van der Waals surface area contributed by atoms with E-state index in [-0.39, 0.29) is 46.2 Å². The summed E-state index contributed by atoms with van der Waals surface area (Å²) in [5, 5.41) is 0.752. The van der Waals surface area contributed by atoms with Gasteiger partial charge in [0.2, 0.25) is 0 Å². The van der Waals surface area contributed by atoms with Gasteiger partial charge in [0.1, 0.15) is 11.5 Å². The number of aryl methyl sites for hydroxylation is 1. The van der Waals surface area contributed by atoms with Gasteiger partial charge < -0.3 is 19.1 Å². The predicted molar refractivity (Wildman–Crippen MR) is 207 cm³/mol. The Morgan fingerprint density at radius 2 is 2.00 bits per heavy atom. The van der Waals surface area contributed by atoms with Gasteiger partial charge in [0.15, 0.2) is 0 Å². The molecule has 2 saturated carbocycles. The third-order valence-corrected chi connectivity index (χ3v) is 15.0. The Bertz CT molecular complexity index is 1830. The molecule has 3 aliphatic carbocycles. The number of Topliss-reactive ketones (excluding diaryl/α,β-unsaturated/α-hetero) is 1. The maximum atomic E-state index is 14.7. The molecule has 0 saturated heterocycles. The van der Waals surface area contributed by atoms with E-state index in [0.717, 1.165) is 74.5 Å². The van der Waals surface area contributed by atoms with Crippen molar-refractivity contribution in [2.75, 3.05) is 49.8 Å². The van der Waals surface area contributed by atoms with Gasteiger partial charge in [-0.3, -0.25) is 9.59 Å². The number of carbonyl (C=O) groups is 2. The SMILES string of the molecule is CCOC1(C)CC(CC(=O)C[S@@]2(=O)=NC(=O)c3ccc4c(c3)N(C[C@@H]3CC[C@H]3C(OC)/C=C/C[C@H](C)C2)C[C@@]2(CCCc3cc(Cl)ccc32)CO4)C1. The fraction of sp³-hybridized carbons (Fsp3) is 0.619. The lowest BCUT2D eigenvalue weighted by Gasteiger charge is -2.46. The van der Waals surface area contributed by atoms with Crippen LogP contribution in [-0.4, -0.2) is 72.5 Å². The fourth-order valence-electron chi connectivity index (χ4n) is 9.87. The van der Waals surface area contributed by atoms with Gasteiger partial charge in [-0.05, 0) is 130 Å². The molecule has 282 valence electrons. The highest BCUT2D eigenvalue weighted by Gasteiger charge is 2.45. The van der Waals surface area contributed by atoms with Gasteiger partial charge in [-0.15, -0.1) is 0 Å². The van der Waals surface area contributed by atoms with Gasteiger partial charge in [0.25, 0.3) is 5.91 Å². The molecule has 1 unspecified atom stereocenters. The highest BCUT2D eigenvalue weighted by molar-refractivity contribution is 7.94. The second-order valence-corrected chi connectivity index (χ2v) is 19.4. The molecule has 2 bridgehead atoms. The number of halogens is 1. The molecule has 1 spiro atoms. The van der Waals surface area contributed by atoms with Crippen LogP contribution in [0.1, 0.15) is 93.6 Å². The number of ether oxygens (including phenoxy) is 3. The van der Waals surface area contributed by atoms with Gasteiger partial charge >= 0.3 is 0 Å². The minimum atomic E-state index is -3.19. The molecule has 2 aliphatic heterocycles. The molecule has 2 aromatic rings. The molecule has 2 fully saturated rings. The maximum Gasteiger partial charge on any atom is 0.285 e. The number of nitrogens with zero attached hydrogens (tertiary/aromatic N) is 2. The zero-order valence-electron chi connectivity index (χ0n) is 31.2. The predicted octanol–water partition coefficient (Wildman–Crippen LogP) is 8.22. The molecule has 6 atom stereocenters. The lowest BCUT2D eigenvalue weighted by Crippen LogP contribution is -2.49. The van der Waals surface area contributed by atoms with Crippen molar-refractivity contribution >= 4 is 38.7 Å². The van der Waals surface area contributed by atoms with Crippen molar-refractivity contribution in [2.24, 2.45) is 28.0 Å². The van der Waals surface area contributed by atoms with Crippen molar-refractivity contribution in [3.63, 3.8) is 0 Å². The topological polar surface area (TPSA) is 94.5 Å². The third-order valence-electron chi connectivity index (χ3n) is 12.4. The van der Waals surface area contributed by atoms with Crippen LogP contribution in [-0.2, 0) is 35.8 Å². The molecule has 0 N–H and O–H groups in total. The van der Waals surface area contributed by atoms with Crippen molar-refractivity contribution in [3.05, 3.63) is 70.3 Å². The number of hydrogen-bond donors (Lipinski definition) is 0. The molecular formula is C42H55ClN2O6S. The first-order valence-electron chi connectivity index (χ1n) is 19.3. The van der Waals surface area contributed by atoms with E-state index in [4.69, 9.17) is 25.8 Å². The van der Waals surface area contributed by atoms with Crippen molar-refractivity contribution in [1.82, 2.24) is 0 Å². The summed E-state index contributed by atoms with van der Waals surface area (Å²) in [4.78, 5) is 30.0. The minimum Gasteiger partial charge on any atom is -0.490 e. The number of anilines is 1. The minimum absolute atomic E-state index is 0.0264. The third kappa shape index (κ3) is 7.89. The number of benzene rings is 2. The van der Waals surface area contributed by atoms with Crippen LogP contribution in [0.15, 0.2) is 52.9 Å². The number of allylic oxidation sites excluding steroid dienone is 1. The number of ketones is 1. The number of amides is 1. The average molecular weight is 751 g/mol. The van der Waals surface area contributed by atoms with Crippen LogP contribution >= 0.6 is 11.6 Å². The van der Waals surface area contributed by atoms with Crippen LogP contribution in [0.3, 0.4) is 0 Å². The molecule has 0 radical (unpaired) electrons. The number of hydrogen-bond acceptors (Lipinski definition) is 7. The van der Waals surface area contributed by atoms with Crippen molar-refractivity contribution in [3.8, 4) is 5.75 Å². The smallest absolute Gasteiger partial charge is 0.285 e. The van der Waals surface area contributed by atoms with Crippen LogP contribution in [0.4, 0.5) is 5.69 Å². The van der Waals surface area contributed by atoms with E-state index in [9.17, 15) is 13.8 Å². The van der Waals surface area contributed by atoms with Crippen molar-refractivity contribution < 1.29 is 28.0 Å². The Hall–Kier alpha value is -2.72. The van der Waals surface area contributed by atoms with E-state index in [1.54, 1.807) is 13.2 Å². The van der Waals surface area contributed by atoms with Crippen LogP contribution in [0.25, 0.3) is 0 Å². The monoisotopic (exact) mass is 750 g/mol. The van der Waals surface area contributed by atoms with Gasteiger partial charge in [0, 0.05) is 55.0 Å². The van der Waals surface area contributed by atoms with E-state index in [0.29, 0.717) is 43.5 Å². The Morgan fingerprint density at radius 3 is 2.75 bits per heavy atom. The fourth-order valence-corrected chi connectivity index (χ4v) is 12.4. The van der Waals surface area contributed by atoms with E-state index in [1.165, 1.54) is 11.1 Å². The van der Waals surface area contributed by atoms with Gasteiger partial charge in [0.05, 0.1) is 39.5 Å². The first kappa shape index (κ1) is 37.6. The largest absolute Gasteiger partial charge is 0.490 e. The normalized spacial score (nSPS) is 35.1. The average Bonchev–Trinajstić information content (AvgIpc) is 3.21. The molecule has 5 aliphatic rings. The van der Waals surface area contributed by atoms with Gasteiger partial charge in [-0.2, -0.15) is 4.36 Å². The van der Waals surface area contributed by atoms with E-state index < -0.39 is 15.6 Å². The maximum absolute atomic E-state index is 14.7. The highest BCUT2D eigenvalue weighted by atomic mass is 35.5. The highest BCUT2D eigenvalue weighted by Crippen LogP contribution is 2.47. The number of carbonyl (C=O) groups excluding carboxylic acids is 2. The molecular weight excluding hydrogens is 696 g/mol. The van der Waals surface area contributed by atoms with Crippen LogP contribution < -0.4 is 9.64 Å². The summed E-state index contributed by atoms with van der Waals surface area (Å²) in [7, 11) is -1.40. The molecule has 2 heterocycles. The molecule has 7 rings (SSSR count). The summed E-state index contributed by atoms with van der Waals surface area (Å²) in [6.45, 7) is 8.80. The van der Waals surface area contributed by atoms with Gasteiger partial charge in [-0.25, -0.2) is 4.21 Å². The summed E-state index contributed by atoms with van der Waals surface area (Å²) in [6, 6.07) is 11.8. The zero-order chi connectivity index (χ0) is 36.7. The quantitative estimate of drug-likeness (QED) is 0.263. The first-order chi connectivity index (χ1) is 24.9. The van der Waals surface area contributed by atoms with Crippen LogP contribution in [0.5, 0.6) is 5.75 Å². The Kier molecular flexibility index (Phi) is 11.0. The lowest BCUT2D eigenvalue weighted by molar-refractivity contribution is -0.129. The lowest BCUT2D eigenvalue weighted by atomic mass is 9.68. The van der Waals surface area contributed by atoms with Crippen molar-refractivity contribution in [1.29, 1.82) is 0 Å². The van der Waals surface area contributed by atoms with Crippen molar-refractivity contribution in [2.45, 2.75) is 95.7 Å². The number of methoxy groups -OCH3 is 1. The second-order valence-electron chi connectivity index (χ2n) is 16.6. The summed E-state index contributed by atoms with van der Waals surface area (Å²) < 4.78 is 37.7. The van der Waals surface area contributed by atoms with E-state index in [1.807, 2.05) is 32.0 Å². The van der Waals surface area contributed by atoms with E-state index in [2.05, 4.69) is 40.5 Å². The summed E-state index contributed by atoms with van der Waals surface area (Å²) in [6.07, 6.45) is 12.1. The molecule has 0 aromatic heterocycles. The molecule has 52 heavy (non-hydrogen) atoms. The second kappa shape index (κ2) is 15.2. The summed E-state index contributed by atoms with van der Waals surface area (Å²) >= 11 is 6.47. The van der Waals surface area contributed by atoms with Crippen LogP contribution in [0, 0.1) is 23.7 Å². The molecule has 8 nitrogen and oxygen atoms in total. The number of rotatable bonds is 7. The first-order valence-corrected chi connectivity index (χ1v) is 21.6. The molecule has 2 aromatic carbocycles. The summed E-state index contributed by atoms with van der Waals surface area (Å²) in [5.74, 6) is 0.980.